The molecule has 90 valence electrons. The molecule has 1 aliphatic heterocycles. The summed E-state index contributed by atoms with van der Waals surface area (Å²) >= 11 is 0. The third-order valence-electron chi connectivity index (χ3n) is 3.22. The molecule has 0 fully saturated rings. The maximum atomic E-state index is 12.1. The van der Waals surface area contributed by atoms with Crippen molar-refractivity contribution in [2.75, 3.05) is 12.4 Å². The predicted octanol–water partition coefficient (Wildman–Crippen LogP) is 2.78. The Balaban J connectivity index is 2.11. The summed E-state index contributed by atoms with van der Waals surface area (Å²) in [5.74, 6) is 0.548. The quantitative estimate of drug-likeness (QED) is 0.875. The Morgan fingerprint density at radius 2 is 1.89 bits per heavy atom. The first-order chi connectivity index (χ1) is 8.79. The van der Waals surface area contributed by atoms with Crippen molar-refractivity contribution in [1.82, 2.24) is 0 Å². The van der Waals surface area contributed by atoms with Crippen LogP contribution in [0.4, 0.5) is 5.69 Å². The third kappa shape index (κ3) is 1.64. The smallest absolute Gasteiger partial charge is 0.236 e. The van der Waals surface area contributed by atoms with Crippen molar-refractivity contribution in [3.05, 3.63) is 59.7 Å². The van der Waals surface area contributed by atoms with Crippen LogP contribution in [-0.2, 0) is 4.79 Å². The first-order valence-electron chi connectivity index (χ1n) is 5.83. The Morgan fingerprint density at radius 3 is 2.61 bits per heavy atom. The van der Waals surface area contributed by atoms with E-state index < -0.39 is 0 Å². The summed E-state index contributed by atoms with van der Waals surface area (Å²) in [4.78, 5) is 12.1. The number of nitrogens with one attached hydrogen (secondary N) is 1. The van der Waals surface area contributed by atoms with Gasteiger partial charge in [0.25, 0.3) is 0 Å². The van der Waals surface area contributed by atoms with Crippen LogP contribution in [0, 0.1) is 0 Å². The van der Waals surface area contributed by atoms with Crippen molar-refractivity contribution in [2.45, 2.75) is 5.92 Å². The minimum atomic E-state index is -0.240. The monoisotopic (exact) mass is 239 g/mol. The van der Waals surface area contributed by atoms with Crippen molar-refractivity contribution in [3.8, 4) is 5.75 Å². The second-order valence-electron chi connectivity index (χ2n) is 4.29. The van der Waals surface area contributed by atoms with Crippen molar-refractivity contribution >= 4 is 11.6 Å². The fourth-order valence-corrected chi connectivity index (χ4v) is 2.34. The molecule has 3 rings (SSSR count). The fraction of sp³-hybridized carbons (Fsp3) is 0.133. The zero-order valence-electron chi connectivity index (χ0n) is 10.0. The Hall–Kier alpha value is -2.29. The van der Waals surface area contributed by atoms with E-state index in [-0.39, 0.29) is 11.8 Å². The standard InChI is InChI=1S/C15H13NO2/c1-18-11-7-8-13-12(9-11)14(15(17)16-13)10-5-3-2-4-6-10/h2-9,14H,1H3,(H,16,17). The van der Waals surface area contributed by atoms with Crippen LogP contribution in [0.2, 0.25) is 0 Å². The van der Waals surface area contributed by atoms with Gasteiger partial charge in [-0.15, -0.1) is 0 Å². The van der Waals surface area contributed by atoms with Gasteiger partial charge in [0.1, 0.15) is 5.75 Å². The zero-order valence-corrected chi connectivity index (χ0v) is 10.0. The Morgan fingerprint density at radius 1 is 1.11 bits per heavy atom. The molecule has 2 aromatic carbocycles. The van der Waals surface area contributed by atoms with Gasteiger partial charge in [0.05, 0.1) is 13.0 Å². The molecule has 18 heavy (non-hydrogen) atoms. The molecule has 1 heterocycles. The number of ether oxygens (including phenoxy) is 1. The van der Waals surface area contributed by atoms with E-state index in [1.807, 2.05) is 48.5 Å². The molecule has 0 aliphatic carbocycles. The van der Waals surface area contributed by atoms with Crippen molar-refractivity contribution in [2.24, 2.45) is 0 Å². The number of benzene rings is 2. The highest BCUT2D eigenvalue weighted by molar-refractivity contribution is 6.05. The summed E-state index contributed by atoms with van der Waals surface area (Å²) in [5.41, 5.74) is 2.85. The minimum Gasteiger partial charge on any atom is -0.497 e. The van der Waals surface area contributed by atoms with E-state index in [9.17, 15) is 4.79 Å². The normalized spacial score (nSPS) is 17.2. The lowest BCUT2D eigenvalue weighted by molar-refractivity contribution is -0.116. The van der Waals surface area contributed by atoms with Crippen LogP contribution in [0.25, 0.3) is 0 Å². The maximum absolute atomic E-state index is 12.1. The van der Waals surface area contributed by atoms with Gasteiger partial charge < -0.3 is 10.1 Å². The number of amides is 1. The van der Waals surface area contributed by atoms with Gasteiger partial charge in [-0.2, -0.15) is 0 Å². The van der Waals surface area contributed by atoms with Crippen molar-refractivity contribution < 1.29 is 9.53 Å². The number of methoxy groups -OCH3 is 1. The fourth-order valence-electron chi connectivity index (χ4n) is 2.34. The summed E-state index contributed by atoms with van der Waals surface area (Å²) in [5, 5.41) is 2.90. The van der Waals surface area contributed by atoms with Gasteiger partial charge in [0, 0.05) is 5.69 Å². The number of hydrogen-bond donors (Lipinski definition) is 1. The summed E-state index contributed by atoms with van der Waals surface area (Å²) in [7, 11) is 1.63. The minimum absolute atomic E-state index is 0.0180. The number of fused-ring (bicyclic) bond motifs is 1. The van der Waals surface area contributed by atoms with Crippen LogP contribution >= 0.6 is 0 Å². The van der Waals surface area contributed by atoms with Gasteiger partial charge in [0.2, 0.25) is 5.91 Å². The highest BCUT2D eigenvalue weighted by Crippen LogP contribution is 2.38. The third-order valence-corrected chi connectivity index (χ3v) is 3.22. The highest BCUT2D eigenvalue weighted by Gasteiger charge is 2.31. The molecule has 1 atom stereocenters. The molecule has 3 heteroatoms. The molecule has 1 amide bonds. The van der Waals surface area contributed by atoms with Crippen LogP contribution in [0.3, 0.4) is 0 Å². The maximum Gasteiger partial charge on any atom is 0.236 e. The van der Waals surface area contributed by atoms with Crippen molar-refractivity contribution in [3.63, 3.8) is 0 Å². The molecule has 0 saturated heterocycles. The molecule has 0 radical (unpaired) electrons. The van der Waals surface area contributed by atoms with Crippen LogP contribution < -0.4 is 10.1 Å². The van der Waals surface area contributed by atoms with Crippen LogP contribution in [-0.4, -0.2) is 13.0 Å². The van der Waals surface area contributed by atoms with E-state index in [0.29, 0.717) is 0 Å². The summed E-state index contributed by atoms with van der Waals surface area (Å²) < 4.78 is 5.22. The molecule has 1 unspecified atom stereocenters. The molecule has 2 aromatic rings. The summed E-state index contributed by atoms with van der Waals surface area (Å²) in [6, 6.07) is 15.4. The predicted molar refractivity (Wildman–Crippen MR) is 69.9 cm³/mol. The van der Waals surface area contributed by atoms with Gasteiger partial charge in [-0.25, -0.2) is 0 Å². The molecule has 1 N–H and O–H groups in total. The van der Waals surface area contributed by atoms with E-state index in [1.165, 1.54) is 0 Å². The molecule has 0 saturated carbocycles. The largest absolute Gasteiger partial charge is 0.497 e. The topological polar surface area (TPSA) is 38.3 Å². The first-order valence-corrected chi connectivity index (χ1v) is 5.83. The Kier molecular flexibility index (Phi) is 2.52. The molecule has 3 nitrogen and oxygen atoms in total. The lowest BCUT2D eigenvalue weighted by atomic mass is 9.92. The lowest BCUT2D eigenvalue weighted by Gasteiger charge is -2.09. The van der Waals surface area contributed by atoms with Crippen LogP contribution in [0.1, 0.15) is 17.0 Å². The number of anilines is 1. The van der Waals surface area contributed by atoms with Crippen molar-refractivity contribution in [1.29, 1.82) is 0 Å². The molecule has 1 aliphatic rings. The second-order valence-corrected chi connectivity index (χ2v) is 4.29. The van der Waals surface area contributed by atoms with E-state index in [4.69, 9.17) is 4.74 Å². The van der Waals surface area contributed by atoms with E-state index in [0.717, 1.165) is 22.6 Å². The molecular formula is C15H13NO2. The second kappa shape index (κ2) is 4.18. The Labute approximate surface area is 105 Å². The SMILES string of the molecule is COc1ccc2c(c1)C(c1ccccc1)C(=O)N2. The number of hydrogen-bond acceptors (Lipinski definition) is 2. The van der Waals surface area contributed by atoms with Gasteiger partial charge in [0.15, 0.2) is 0 Å². The van der Waals surface area contributed by atoms with Gasteiger partial charge in [-0.05, 0) is 29.3 Å². The number of carbonyl (C=O) groups excluding carboxylic acids is 1. The van der Waals surface area contributed by atoms with Crippen LogP contribution in [0.5, 0.6) is 5.75 Å². The zero-order chi connectivity index (χ0) is 12.5. The van der Waals surface area contributed by atoms with E-state index >= 15 is 0 Å². The summed E-state index contributed by atoms with van der Waals surface area (Å²) in [6.45, 7) is 0. The average molecular weight is 239 g/mol. The van der Waals surface area contributed by atoms with Crippen LogP contribution in [0.15, 0.2) is 48.5 Å². The highest BCUT2D eigenvalue weighted by atomic mass is 16.5. The van der Waals surface area contributed by atoms with Gasteiger partial charge >= 0.3 is 0 Å². The van der Waals surface area contributed by atoms with E-state index in [1.54, 1.807) is 7.11 Å². The van der Waals surface area contributed by atoms with Gasteiger partial charge in [-0.3, -0.25) is 4.79 Å². The first kappa shape index (κ1) is 10.8. The molecule has 0 bridgehead atoms. The lowest BCUT2D eigenvalue weighted by Crippen LogP contribution is -2.12. The molecule has 0 aromatic heterocycles. The number of carbonyl (C=O) groups is 1. The number of rotatable bonds is 2. The average Bonchev–Trinajstić information content (AvgIpc) is 2.74. The van der Waals surface area contributed by atoms with E-state index in [2.05, 4.69) is 5.32 Å². The van der Waals surface area contributed by atoms with Gasteiger partial charge in [-0.1, -0.05) is 30.3 Å². The Bertz CT molecular complexity index is 593. The molecular weight excluding hydrogens is 226 g/mol. The summed E-state index contributed by atoms with van der Waals surface area (Å²) in [6.07, 6.45) is 0. The molecule has 0 spiro atoms.